The molecule has 20 heavy (non-hydrogen) atoms. The highest BCUT2D eigenvalue weighted by molar-refractivity contribution is 6.08. The number of hydrogen-bond donors (Lipinski definition) is 1. The number of ketones is 1. The van der Waals surface area contributed by atoms with E-state index in [1.165, 1.54) is 0 Å². The molecule has 2 unspecified atom stereocenters. The van der Waals surface area contributed by atoms with Crippen molar-refractivity contribution in [1.82, 2.24) is 0 Å². The van der Waals surface area contributed by atoms with Gasteiger partial charge in [0.15, 0.2) is 5.78 Å². The van der Waals surface area contributed by atoms with Crippen molar-refractivity contribution in [3.05, 3.63) is 48.0 Å². The molecule has 2 aromatic carbocycles. The molecule has 2 N–H and O–H groups in total. The first-order chi connectivity index (χ1) is 9.59. The van der Waals surface area contributed by atoms with E-state index in [1.807, 2.05) is 56.3 Å². The molecule has 2 rings (SSSR count). The van der Waals surface area contributed by atoms with Crippen LogP contribution >= 0.6 is 0 Å². The van der Waals surface area contributed by atoms with Crippen molar-refractivity contribution in [3.8, 4) is 0 Å². The number of carbonyl (C=O) groups excluding carboxylic acids is 1. The lowest BCUT2D eigenvalue weighted by Gasteiger charge is -2.13. The highest BCUT2D eigenvalue weighted by atomic mass is 16.1. The first kappa shape index (κ1) is 14.7. The number of carbonyl (C=O) groups is 1. The average molecular weight is 269 g/mol. The van der Waals surface area contributed by atoms with Crippen molar-refractivity contribution in [2.24, 2.45) is 11.7 Å². The molecule has 0 saturated heterocycles. The van der Waals surface area contributed by atoms with Gasteiger partial charge in [-0.25, -0.2) is 0 Å². The van der Waals surface area contributed by atoms with E-state index in [-0.39, 0.29) is 17.7 Å². The van der Waals surface area contributed by atoms with Crippen LogP contribution in [-0.2, 0) is 0 Å². The van der Waals surface area contributed by atoms with Crippen molar-refractivity contribution >= 4 is 16.6 Å². The molecular formula is C18H23NO. The molecule has 0 saturated carbocycles. The number of Topliss-reactive ketones (excluding diaryl/α,β-unsaturated/α-hetero) is 1. The van der Waals surface area contributed by atoms with Crippen LogP contribution in [0.2, 0.25) is 0 Å². The Bertz CT molecular complexity index is 583. The molecule has 0 bridgehead atoms. The van der Waals surface area contributed by atoms with Crippen LogP contribution in [-0.4, -0.2) is 11.8 Å². The summed E-state index contributed by atoms with van der Waals surface area (Å²) in [6, 6.07) is 14.2. The van der Waals surface area contributed by atoms with Gasteiger partial charge in [0.1, 0.15) is 0 Å². The van der Waals surface area contributed by atoms with Gasteiger partial charge in [0.2, 0.25) is 0 Å². The Labute approximate surface area is 121 Å². The SMILES string of the molecule is CC(N)CCCC(C)C(=O)c1cccc2ccccc12. The van der Waals surface area contributed by atoms with Gasteiger partial charge in [-0.2, -0.15) is 0 Å². The summed E-state index contributed by atoms with van der Waals surface area (Å²) >= 11 is 0. The van der Waals surface area contributed by atoms with Gasteiger partial charge in [-0.15, -0.1) is 0 Å². The molecule has 106 valence electrons. The summed E-state index contributed by atoms with van der Waals surface area (Å²) in [5.41, 5.74) is 6.60. The lowest BCUT2D eigenvalue weighted by atomic mass is 9.91. The highest BCUT2D eigenvalue weighted by Crippen LogP contribution is 2.23. The molecule has 0 fully saturated rings. The van der Waals surface area contributed by atoms with Gasteiger partial charge in [0.05, 0.1) is 0 Å². The predicted molar refractivity (Wildman–Crippen MR) is 84.9 cm³/mol. The minimum absolute atomic E-state index is 0.0551. The molecule has 2 heteroatoms. The van der Waals surface area contributed by atoms with Gasteiger partial charge >= 0.3 is 0 Å². The summed E-state index contributed by atoms with van der Waals surface area (Å²) in [7, 11) is 0. The van der Waals surface area contributed by atoms with E-state index in [1.54, 1.807) is 0 Å². The Morgan fingerprint density at radius 2 is 1.75 bits per heavy atom. The molecule has 0 aliphatic heterocycles. The smallest absolute Gasteiger partial charge is 0.166 e. The summed E-state index contributed by atoms with van der Waals surface area (Å²) in [4.78, 5) is 12.6. The zero-order valence-corrected chi connectivity index (χ0v) is 12.3. The van der Waals surface area contributed by atoms with Gasteiger partial charge in [-0.05, 0) is 30.5 Å². The van der Waals surface area contributed by atoms with E-state index in [4.69, 9.17) is 5.73 Å². The van der Waals surface area contributed by atoms with Crippen molar-refractivity contribution < 1.29 is 4.79 Å². The fraction of sp³-hybridized carbons (Fsp3) is 0.389. The van der Waals surface area contributed by atoms with Gasteiger partial charge < -0.3 is 5.73 Å². The van der Waals surface area contributed by atoms with E-state index >= 15 is 0 Å². The Morgan fingerprint density at radius 3 is 2.50 bits per heavy atom. The molecule has 0 aliphatic rings. The normalized spacial score (nSPS) is 14.2. The van der Waals surface area contributed by atoms with Crippen molar-refractivity contribution in [3.63, 3.8) is 0 Å². The number of fused-ring (bicyclic) bond motifs is 1. The quantitative estimate of drug-likeness (QED) is 0.799. The van der Waals surface area contributed by atoms with Crippen molar-refractivity contribution in [2.75, 3.05) is 0 Å². The van der Waals surface area contributed by atoms with Crippen molar-refractivity contribution in [1.29, 1.82) is 0 Å². The second kappa shape index (κ2) is 6.67. The Morgan fingerprint density at radius 1 is 1.05 bits per heavy atom. The predicted octanol–water partition coefficient (Wildman–Crippen LogP) is 4.18. The number of hydrogen-bond acceptors (Lipinski definition) is 2. The number of rotatable bonds is 6. The van der Waals surface area contributed by atoms with Gasteiger partial charge in [-0.3, -0.25) is 4.79 Å². The molecule has 0 spiro atoms. The summed E-state index contributed by atoms with van der Waals surface area (Å²) in [5.74, 6) is 0.297. The largest absolute Gasteiger partial charge is 0.328 e. The standard InChI is InChI=1S/C18H23NO/c1-13(7-5-8-14(2)19)18(20)17-12-6-10-15-9-3-4-11-16(15)17/h3-4,6,9-14H,5,7-8,19H2,1-2H3. The number of nitrogens with two attached hydrogens (primary N) is 1. The van der Waals surface area contributed by atoms with E-state index in [9.17, 15) is 4.79 Å². The van der Waals surface area contributed by atoms with Crippen LogP contribution in [0.4, 0.5) is 0 Å². The van der Waals surface area contributed by atoms with Crippen LogP contribution in [0.1, 0.15) is 43.5 Å². The average Bonchev–Trinajstić information content (AvgIpc) is 2.45. The molecule has 0 aliphatic carbocycles. The fourth-order valence-corrected chi connectivity index (χ4v) is 2.58. The van der Waals surface area contributed by atoms with Crippen molar-refractivity contribution in [2.45, 2.75) is 39.2 Å². The first-order valence-corrected chi connectivity index (χ1v) is 7.37. The van der Waals surface area contributed by atoms with E-state index < -0.39 is 0 Å². The molecular weight excluding hydrogens is 246 g/mol. The lowest BCUT2D eigenvalue weighted by molar-refractivity contribution is 0.0923. The monoisotopic (exact) mass is 269 g/mol. The Kier molecular flexibility index (Phi) is 4.91. The summed E-state index contributed by atoms with van der Waals surface area (Å²) in [5, 5.41) is 2.18. The third-order valence-electron chi connectivity index (χ3n) is 3.80. The molecule has 0 amide bonds. The molecule has 2 nitrogen and oxygen atoms in total. The maximum Gasteiger partial charge on any atom is 0.166 e. The lowest BCUT2D eigenvalue weighted by Crippen LogP contribution is -2.16. The molecule has 2 aromatic rings. The summed E-state index contributed by atoms with van der Waals surface area (Å²) in [6.45, 7) is 4.03. The van der Waals surface area contributed by atoms with Crippen LogP contribution in [0.25, 0.3) is 10.8 Å². The summed E-state index contributed by atoms with van der Waals surface area (Å²) < 4.78 is 0. The van der Waals surface area contributed by atoms with E-state index in [0.717, 1.165) is 35.6 Å². The fourth-order valence-electron chi connectivity index (χ4n) is 2.58. The van der Waals surface area contributed by atoms with Gasteiger partial charge in [0.25, 0.3) is 0 Å². The zero-order valence-electron chi connectivity index (χ0n) is 12.3. The molecule has 2 atom stereocenters. The van der Waals surface area contributed by atoms with Crippen LogP contribution in [0.15, 0.2) is 42.5 Å². The van der Waals surface area contributed by atoms with Crippen LogP contribution < -0.4 is 5.73 Å². The van der Waals surface area contributed by atoms with Crippen LogP contribution in [0.5, 0.6) is 0 Å². The maximum absolute atomic E-state index is 12.6. The van der Waals surface area contributed by atoms with E-state index in [0.29, 0.717) is 0 Å². The minimum atomic E-state index is 0.0551. The molecule has 0 radical (unpaired) electrons. The maximum atomic E-state index is 12.6. The molecule has 0 aromatic heterocycles. The van der Waals surface area contributed by atoms with Gasteiger partial charge in [-0.1, -0.05) is 55.8 Å². The second-order valence-electron chi connectivity index (χ2n) is 5.70. The molecule has 0 heterocycles. The first-order valence-electron chi connectivity index (χ1n) is 7.37. The highest BCUT2D eigenvalue weighted by Gasteiger charge is 2.17. The Hall–Kier alpha value is -1.67. The zero-order chi connectivity index (χ0) is 14.5. The third kappa shape index (κ3) is 3.45. The second-order valence-corrected chi connectivity index (χ2v) is 5.70. The van der Waals surface area contributed by atoms with E-state index in [2.05, 4.69) is 0 Å². The van der Waals surface area contributed by atoms with Crippen LogP contribution in [0, 0.1) is 5.92 Å². The topological polar surface area (TPSA) is 43.1 Å². The van der Waals surface area contributed by atoms with Crippen LogP contribution in [0.3, 0.4) is 0 Å². The third-order valence-corrected chi connectivity index (χ3v) is 3.80. The van der Waals surface area contributed by atoms with Gasteiger partial charge in [0, 0.05) is 17.5 Å². The Balaban J connectivity index is 2.14. The summed E-state index contributed by atoms with van der Waals surface area (Å²) in [6.07, 6.45) is 2.89. The minimum Gasteiger partial charge on any atom is -0.328 e. The number of benzene rings is 2.